The molecule has 0 spiro atoms. The minimum atomic E-state index is -0.496. The Kier molecular flexibility index (Phi) is 5.03. The third kappa shape index (κ3) is 3.13. The Morgan fingerprint density at radius 2 is 2.15 bits per heavy atom. The highest BCUT2D eigenvalue weighted by atomic mass is 32.2. The van der Waals surface area contributed by atoms with E-state index in [0.29, 0.717) is 18.1 Å². The fourth-order valence-electron chi connectivity index (χ4n) is 1.97. The van der Waals surface area contributed by atoms with Gasteiger partial charge in [-0.3, -0.25) is 4.57 Å². The summed E-state index contributed by atoms with van der Waals surface area (Å²) in [7, 11) is 0. The second-order valence-corrected chi connectivity index (χ2v) is 5.54. The van der Waals surface area contributed by atoms with E-state index in [9.17, 15) is 9.90 Å². The minimum Gasteiger partial charge on any atom is -0.388 e. The monoisotopic (exact) mass is 293 g/mol. The lowest BCUT2D eigenvalue weighted by Crippen LogP contribution is -2.17. The predicted molar refractivity (Wildman–Crippen MR) is 79.0 cm³/mol. The third-order valence-corrected chi connectivity index (χ3v) is 4.12. The molecule has 6 heteroatoms. The van der Waals surface area contributed by atoms with E-state index in [0.717, 1.165) is 16.9 Å². The molecule has 0 fully saturated rings. The molecule has 0 aliphatic carbocycles. The number of H-pyrrole nitrogens is 1. The molecule has 0 amide bonds. The Balaban J connectivity index is 2.33. The molecule has 2 aromatic rings. The van der Waals surface area contributed by atoms with Gasteiger partial charge in [-0.15, -0.1) is 5.10 Å². The van der Waals surface area contributed by atoms with Crippen molar-refractivity contribution in [3.05, 3.63) is 40.3 Å². The Bertz CT molecular complexity index is 621. The molecular weight excluding hydrogens is 274 g/mol. The number of aliphatic hydroxyl groups excluding tert-OH is 1. The number of hydrogen-bond donors (Lipinski definition) is 2. The minimum absolute atomic E-state index is 0.192. The van der Waals surface area contributed by atoms with Crippen molar-refractivity contribution in [3.63, 3.8) is 0 Å². The third-order valence-electron chi connectivity index (χ3n) is 3.04. The Morgan fingerprint density at radius 3 is 2.85 bits per heavy atom. The second kappa shape index (κ2) is 6.76. The number of nitrogens with one attached hydrogen (secondary N) is 1. The standard InChI is InChI=1S/C14H19N3O2S/c1-3-9-17-13(19)15-16-14(17)20-12-8-6-5-7-10(12)11(18)4-2/h5-8,11,18H,3-4,9H2,1-2H3,(H,15,19)/t11-/m0/s1. The molecule has 1 heterocycles. The van der Waals surface area contributed by atoms with Gasteiger partial charge in [0.05, 0.1) is 6.10 Å². The summed E-state index contributed by atoms with van der Waals surface area (Å²) in [5, 5.41) is 17.2. The highest BCUT2D eigenvalue weighted by Gasteiger charge is 2.14. The zero-order chi connectivity index (χ0) is 14.5. The molecule has 0 bridgehead atoms. The molecule has 5 nitrogen and oxygen atoms in total. The van der Waals surface area contributed by atoms with Crippen LogP contribution in [0.3, 0.4) is 0 Å². The van der Waals surface area contributed by atoms with Gasteiger partial charge in [0, 0.05) is 11.4 Å². The van der Waals surface area contributed by atoms with E-state index in [-0.39, 0.29) is 5.69 Å². The highest BCUT2D eigenvalue weighted by molar-refractivity contribution is 7.99. The van der Waals surface area contributed by atoms with Crippen LogP contribution in [0.4, 0.5) is 0 Å². The number of aliphatic hydroxyl groups is 1. The van der Waals surface area contributed by atoms with Crippen molar-refractivity contribution in [3.8, 4) is 0 Å². The molecule has 0 unspecified atom stereocenters. The van der Waals surface area contributed by atoms with Crippen LogP contribution in [-0.2, 0) is 6.54 Å². The number of aromatic nitrogens is 3. The molecule has 0 saturated heterocycles. The summed E-state index contributed by atoms with van der Waals surface area (Å²) in [5.41, 5.74) is 0.682. The SMILES string of the molecule is CCCn1c(Sc2ccccc2[C@@H](O)CC)n[nH]c1=O. The van der Waals surface area contributed by atoms with Gasteiger partial charge >= 0.3 is 5.69 Å². The van der Waals surface area contributed by atoms with Crippen LogP contribution in [-0.4, -0.2) is 19.9 Å². The van der Waals surface area contributed by atoms with Gasteiger partial charge in [0.25, 0.3) is 0 Å². The summed E-state index contributed by atoms with van der Waals surface area (Å²) in [5.74, 6) is 0. The Morgan fingerprint density at radius 1 is 1.40 bits per heavy atom. The molecule has 20 heavy (non-hydrogen) atoms. The molecule has 0 saturated carbocycles. The maximum absolute atomic E-state index is 11.7. The van der Waals surface area contributed by atoms with Crippen molar-refractivity contribution in [2.24, 2.45) is 0 Å². The van der Waals surface area contributed by atoms with E-state index >= 15 is 0 Å². The first-order chi connectivity index (χ1) is 9.67. The number of aromatic amines is 1. The summed E-state index contributed by atoms with van der Waals surface area (Å²) in [6, 6.07) is 7.67. The van der Waals surface area contributed by atoms with Gasteiger partial charge in [-0.05, 0) is 36.2 Å². The van der Waals surface area contributed by atoms with E-state index in [4.69, 9.17) is 0 Å². The van der Waals surface area contributed by atoms with Crippen molar-refractivity contribution in [1.29, 1.82) is 0 Å². The first kappa shape index (κ1) is 14.9. The molecule has 108 valence electrons. The predicted octanol–water partition coefficient (Wildman–Crippen LogP) is 2.58. The maximum Gasteiger partial charge on any atom is 0.343 e. The first-order valence-corrected chi connectivity index (χ1v) is 7.59. The van der Waals surface area contributed by atoms with Gasteiger partial charge in [-0.25, -0.2) is 9.89 Å². The zero-order valence-corrected chi connectivity index (χ0v) is 12.5. The fraction of sp³-hybridized carbons (Fsp3) is 0.429. The molecular formula is C14H19N3O2S. The smallest absolute Gasteiger partial charge is 0.343 e. The van der Waals surface area contributed by atoms with Crippen LogP contribution in [0.2, 0.25) is 0 Å². The Hall–Kier alpha value is -1.53. The quantitative estimate of drug-likeness (QED) is 0.858. The van der Waals surface area contributed by atoms with Gasteiger partial charge < -0.3 is 5.11 Å². The van der Waals surface area contributed by atoms with Gasteiger partial charge in [0.15, 0.2) is 5.16 Å². The molecule has 0 aliphatic heterocycles. The fourth-order valence-corrected chi connectivity index (χ4v) is 3.01. The lowest BCUT2D eigenvalue weighted by atomic mass is 10.1. The zero-order valence-electron chi connectivity index (χ0n) is 11.7. The lowest BCUT2D eigenvalue weighted by molar-refractivity contribution is 0.171. The summed E-state index contributed by atoms with van der Waals surface area (Å²) >= 11 is 1.41. The average Bonchev–Trinajstić information content (AvgIpc) is 2.80. The normalized spacial score (nSPS) is 12.6. The topological polar surface area (TPSA) is 70.9 Å². The van der Waals surface area contributed by atoms with Crippen LogP contribution in [0.25, 0.3) is 0 Å². The first-order valence-electron chi connectivity index (χ1n) is 6.77. The van der Waals surface area contributed by atoms with E-state index in [2.05, 4.69) is 10.2 Å². The maximum atomic E-state index is 11.7. The van der Waals surface area contributed by atoms with E-state index in [1.807, 2.05) is 38.1 Å². The van der Waals surface area contributed by atoms with Crippen molar-refractivity contribution < 1.29 is 5.11 Å². The largest absolute Gasteiger partial charge is 0.388 e. The summed E-state index contributed by atoms with van der Waals surface area (Å²) in [4.78, 5) is 12.6. The van der Waals surface area contributed by atoms with E-state index < -0.39 is 6.10 Å². The number of benzene rings is 1. The molecule has 0 radical (unpaired) electrons. The molecule has 2 N–H and O–H groups in total. The van der Waals surface area contributed by atoms with Crippen molar-refractivity contribution in [2.75, 3.05) is 0 Å². The summed E-state index contributed by atoms with van der Waals surface area (Å²) in [6.45, 7) is 4.59. The molecule has 2 rings (SSSR count). The van der Waals surface area contributed by atoms with Gasteiger partial charge in [-0.2, -0.15) is 0 Å². The van der Waals surface area contributed by atoms with Crippen LogP contribution >= 0.6 is 11.8 Å². The van der Waals surface area contributed by atoms with Crippen LogP contribution in [0, 0.1) is 0 Å². The van der Waals surface area contributed by atoms with Crippen LogP contribution in [0.15, 0.2) is 39.1 Å². The van der Waals surface area contributed by atoms with Crippen LogP contribution in [0.5, 0.6) is 0 Å². The van der Waals surface area contributed by atoms with Gasteiger partial charge in [0.2, 0.25) is 0 Å². The van der Waals surface area contributed by atoms with Crippen LogP contribution < -0.4 is 5.69 Å². The van der Waals surface area contributed by atoms with E-state index in [1.165, 1.54) is 11.8 Å². The van der Waals surface area contributed by atoms with Crippen molar-refractivity contribution in [2.45, 2.75) is 49.4 Å². The summed E-state index contributed by atoms with van der Waals surface area (Å²) in [6.07, 6.45) is 1.02. The highest BCUT2D eigenvalue weighted by Crippen LogP contribution is 2.32. The lowest BCUT2D eigenvalue weighted by Gasteiger charge is -2.13. The van der Waals surface area contributed by atoms with Crippen LogP contribution in [0.1, 0.15) is 38.4 Å². The van der Waals surface area contributed by atoms with Crippen molar-refractivity contribution >= 4 is 11.8 Å². The average molecular weight is 293 g/mol. The second-order valence-electron chi connectivity index (χ2n) is 4.53. The summed E-state index contributed by atoms with van der Waals surface area (Å²) < 4.78 is 1.62. The molecule has 1 atom stereocenters. The number of rotatable bonds is 6. The van der Waals surface area contributed by atoms with Crippen molar-refractivity contribution in [1.82, 2.24) is 14.8 Å². The van der Waals surface area contributed by atoms with E-state index in [1.54, 1.807) is 4.57 Å². The molecule has 0 aliphatic rings. The van der Waals surface area contributed by atoms with Gasteiger partial charge in [-0.1, -0.05) is 32.0 Å². The molecule has 1 aromatic heterocycles. The molecule has 1 aromatic carbocycles. The number of hydrogen-bond acceptors (Lipinski definition) is 4. The Labute approximate surface area is 122 Å². The number of nitrogens with zero attached hydrogens (tertiary/aromatic N) is 2. The van der Waals surface area contributed by atoms with Gasteiger partial charge in [0.1, 0.15) is 0 Å².